The standard InChI is InChI=1S/C48H42N2/c1-47-33-13-14-34-48(47,2)50(46-22-12-11-21-44(46)47)40-29-25-36(26-30-40)35-23-27-39(28-24-35)49(38-17-7-4-8-18-38)45-32-31-41(37-15-5-3-6-16-37)42-19-9-10-20-43(42)45/h3-12,15-32H,13-14,33-34H2,1-2H3. The Morgan fingerprint density at radius 1 is 0.480 bits per heavy atom. The van der Waals surface area contributed by atoms with Crippen LogP contribution in [0.15, 0.2) is 170 Å². The van der Waals surface area contributed by atoms with Crippen LogP contribution in [-0.2, 0) is 5.41 Å². The van der Waals surface area contributed by atoms with Crippen LogP contribution in [0.3, 0.4) is 0 Å². The zero-order valence-corrected chi connectivity index (χ0v) is 28.9. The predicted octanol–water partition coefficient (Wildman–Crippen LogP) is 13.4. The molecule has 1 aliphatic heterocycles. The van der Waals surface area contributed by atoms with Gasteiger partial charge < -0.3 is 9.80 Å². The van der Waals surface area contributed by atoms with Crippen LogP contribution >= 0.6 is 0 Å². The molecule has 50 heavy (non-hydrogen) atoms. The van der Waals surface area contributed by atoms with Crippen molar-refractivity contribution in [3.05, 3.63) is 175 Å². The SMILES string of the molecule is CC12CCCCC1(C)N(c1ccc(-c3ccc(N(c4ccccc4)c4ccc(-c5ccccc5)c5ccccc45)cc3)cc1)c1ccccc12. The number of rotatable bonds is 6. The smallest absolute Gasteiger partial charge is 0.0540 e. The van der Waals surface area contributed by atoms with Crippen molar-refractivity contribution in [2.45, 2.75) is 50.5 Å². The van der Waals surface area contributed by atoms with Crippen molar-refractivity contribution in [3.8, 4) is 22.3 Å². The molecule has 1 aliphatic carbocycles. The second-order valence-electron chi connectivity index (χ2n) is 14.5. The normalized spacial score (nSPS) is 19.6. The summed E-state index contributed by atoms with van der Waals surface area (Å²) in [5.41, 5.74) is 12.8. The largest absolute Gasteiger partial charge is 0.334 e. The first-order chi connectivity index (χ1) is 24.5. The van der Waals surface area contributed by atoms with Gasteiger partial charge in [0.1, 0.15) is 0 Å². The van der Waals surface area contributed by atoms with E-state index in [0.717, 1.165) is 17.1 Å². The van der Waals surface area contributed by atoms with Crippen molar-refractivity contribution < 1.29 is 0 Å². The Hall–Kier alpha value is -5.60. The summed E-state index contributed by atoms with van der Waals surface area (Å²) in [5, 5.41) is 2.47. The molecule has 2 aliphatic rings. The van der Waals surface area contributed by atoms with E-state index in [1.807, 2.05) is 0 Å². The van der Waals surface area contributed by atoms with Crippen LogP contribution in [0.1, 0.15) is 45.1 Å². The lowest BCUT2D eigenvalue weighted by atomic mass is 9.61. The third-order valence-corrected chi connectivity index (χ3v) is 11.8. The Labute approximate surface area is 296 Å². The fourth-order valence-corrected chi connectivity index (χ4v) is 9.06. The first-order valence-corrected chi connectivity index (χ1v) is 18.1. The second-order valence-corrected chi connectivity index (χ2v) is 14.5. The van der Waals surface area contributed by atoms with Gasteiger partial charge in [0.05, 0.1) is 11.2 Å². The summed E-state index contributed by atoms with van der Waals surface area (Å²) in [6, 6.07) is 62.2. The number of fused-ring (bicyclic) bond motifs is 4. The molecule has 0 N–H and O–H groups in total. The number of benzene rings is 7. The average molecular weight is 647 g/mol. The minimum Gasteiger partial charge on any atom is -0.334 e. The van der Waals surface area contributed by atoms with Gasteiger partial charge in [-0.15, -0.1) is 0 Å². The molecule has 9 rings (SSSR count). The molecule has 2 nitrogen and oxygen atoms in total. The van der Waals surface area contributed by atoms with Crippen LogP contribution < -0.4 is 9.80 Å². The Bertz CT molecular complexity index is 2290. The maximum absolute atomic E-state index is 2.65. The Morgan fingerprint density at radius 3 is 1.80 bits per heavy atom. The monoisotopic (exact) mass is 646 g/mol. The lowest BCUT2D eigenvalue weighted by Crippen LogP contribution is -2.54. The van der Waals surface area contributed by atoms with Gasteiger partial charge in [0, 0.05) is 33.6 Å². The van der Waals surface area contributed by atoms with Crippen molar-refractivity contribution >= 4 is 39.2 Å². The predicted molar refractivity (Wildman–Crippen MR) is 212 cm³/mol. The van der Waals surface area contributed by atoms with Gasteiger partial charge >= 0.3 is 0 Å². The molecule has 2 heteroatoms. The van der Waals surface area contributed by atoms with Crippen LogP contribution in [0.4, 0.5) is 28.4 Å². The molecule has 244 valence electrons. The van der Waals surface area contributed by atoms with Gasteiger partial charge in [0.15, 0.2) is 0 Å². The highest BCUT2D eigenvalue weighted by Crippen LogP contribution is 2.60. The summed E-state index contributed by atoms with van der Waals surface area (Å²) in [4.78, 5) is 5.04. The lowest BCUT2D eigenvalue weighted by Gasteiger charge is -2.50. The van der Waals surface area contributed by atoms with E-state index in [4.69, 9.17) is 0 Å². The molecule has 1 fully saturated rings. The maximum Gasteiger partial charge on any atom is 0.0540 e. The molecule has 7 aromatic carbocycles. The number of nitrogens with zero attached hydrogens (tertiary/aromatic N) is 2. The Balaban J connectivity index is 1.07. The fourth-order valence-electron chi connectivity index (χ4n) is 9.06. The van der Waals surface area contributed by atoms with Crippen molar-refractivity contribution in [2.24, 2.45) is 0 Å². The minimum atomic E-state index is 0.0719. The first-order valence-electron chi connectivity index (χ1n) is 18.1. The van der Waals surface area contributed by atoms with Crippen molar-refractivity contribution in [1.82, 2.24) is 0 Å². The highest BCUT2D eigenvalue weighted by atomic mass is 15.3. The van der Waals surface area contributed by atoms with Crippen LogP contribution in [0, 0.1) is 0 Å². The van der Waals surface area contributed by atoms with E-state index < -0.39 is 0 Å². The van der Waals surface area contributed by atoms with Gasteiger partial charge in [0.25, 0.3) is 0 Å². The molecule has 2 atom stereocenters. The molecule has 0 bridgehead atoms. The quantitative estimate of drug-likeness (QED) is 0.177. The van der Waals surface area contributed by atoms with Gasteiger partial charge in [-0.05, 0) is 101 Å². The summed E-state index contributed by atoms with van der Waals surface area (Å²) in [7, 11) is 0. The summed E-state index contributed by atoms with van der Waals surface area (Å²) >= 11 is 0. The third-order valence-electron chi connectivity index (χ3n) is 11.8. The van der Waals surface area contributed by atoms with Crippen LogP contribution in [0.2, 0.25) is 0 Å². The van der Waals surface area contributed by atoms with Gasteiger partial charge in [-0.25, -0.2) is 0 Å². The van der Waals surface area contributed by atoms with Crippen molar-refractivity contribution in [2.75, 3.05) is 9.80 Å². The van der Waals surface area contributed by atoms with Gasteiger partial charge in [-0.3, -0.25) is 0 Å². The first kappa shape index (κ1) is 30.5. The lowest BCUT2D eigenvalue weighted by molar-refractivity contribution is 0.195. The Morgan fingerprint density at radius 2 is 1.06 bits per heavy atom. The van der Waals surface area contributed by atoms with Gasteiger partial charge in [-0.1, -0.05) is 141 Å². The molecule has 1 saturated carbocycles. The topological polar surface area (TPSA) is 6.48 Å². The Kier molecular flexibility index (Phi) is 7.35. The summed E-state index contributed by atoms with van der Waals surface area (Å²) < 4.78 is 0. The van der Waals surface area contributed by atoms with Crippen LogP contribution in [0.5, 0.6) is 0 Å². The summed E-state index contributed by atoms with van der Waals surface area (Å²) in [6.07, 6.45) is 5.05. The minimum absolute atomic E-state index is 0.0719. The van der Waals surface area contributed by atoms with Gasteiger partial charge in [-0.2, -0.15) is 0 Å². The summed E-state index contributed by atoms with van der Waals surface area (Å²) in [5.74, 6) is 0. The van der Waals surface area contributed by atoms with E-state index in [0.29, 0.717) is 0 Å². The number of hydrogen-bond acceptors (Lipinski definition) is 2. The molecule has 0 saturated heterocycles. The molecule has 7 aromatic rings. The molecule has 0 aromatic heterocycles. The van der Waals surface area contributed by atoms with E-state index in [1.165, 1.54) is 75.6 Å². The van der Waals surface area contributed by atoms with E-state index in [9.17, 15) is 0 Å². The van der Waals surface area contributed by atoms with E-state index >= 15 is 0 Å². The van der Waals surface area contributed by atoms with Gasteiger partial charge in [0.2, 0.25) is 0 Å². The zero-order valence-electron chi connectivity index (χ0n) is 28.9. The van der Waals surface area contributed by atoms with Crippen LogP contribution in [0.25, 0.3) is 33.0 Å². The average Bonchev–Trinajstić information content (AvgIpc) is 3.39. The molecule has 0 radical (unpaired) electrons. The summed E-state index contributed by atoms with van der Waals surface area (Å²) in [6.45, 7) is 5.00. The molecule has 0 amide bonds. The number of anilines is 5. The van der Waals surface area contributed by atoms with E-state index in [1.54, 1.807) is 0 Å². The number of hydrogen-bond donors (Lipinski definition) is 0. The highest BCUT2D eigenvalue weighted by Gasteiger charge is 2.57. The number of para-hydroxylation sites is 2. The molecular weight excluding hydrogens is 605 g/mol. The van der Waals surface area contributed by atoms with Crippen LogP contribution in [-0.4, -0.2) is 5.54 Å². The van der Waals surface area contributed by atoms with Crippen molar-refractivity contribution in [3.63, 3.8) is 0 Å². The second kappa shape index (κ2) is 12.1. The third kappa shape index (κ3) is 4.77. The molecule has 2 unspecified atom stereocenters. The van der Waals surface area contributed by atoms with E-state index in [-0.39, 0.29) is 11.0 Å². The zero-order chi connectivity index (χ0) is 33.7. The molecular formula is C48H42N2. The molecule has 0 spiro atoms. The van der Waals surface area contributed by atoms with Crippen molar-refractivity contribution in [1.29, 1.82) is 0 Å². The highest BCUT2D eigenvalue weighted by molar-refractivity contribution is 6.06. The van der Waals surface area contributed by atoms with E-state index in [2.05, 4.69) is 194 Å². The fraction of sp³-hybridized carbons (Fsp3) is 0.167. The molecule has 1 heterocycles. The maximum atomic E-state index is 2.65.